The van der Waals surface area contributed by atoms with Crippen molar-refractivity contribution in [3.8, 4) is 0 Å². The summed E-state index contributed by atoms with van der Waals surface area (Å²) >= 11 is 0. The van der Waals surface area contributed by atoms with Gasteiger partial charge >= 0.3 is 5.97 Å². The van der Waals surface area contributed by atoms with Crippen LogP contribution < -0.4 is 0 Å². The third-order valence-electron chi connectivity index (χ3n) is 2.77. The van der Waals surface area contributed by atoms with Gasteiger partial charge in [0.1, 0.15) is 6.10 Å². The van der Waals surface area contributed by atoms with Gasteiger partial charge in [-0.15, -0.1) is 6.58 Å². The van der Waals surface area contributed by atoms with Crippen LogP contribution >= 0.6 is 0 Å². The predicted octanol–water partition coefficient (Wildman–Crippen LogP) is 1.42. The molecular formula is C12H16O4. The molecular weight excluding hydrogens is 208 g/mol. The molecule has 2 rings (SSSR count). The molecule has 0 radical (unpaired) electrons. The Hall–Kier alpha value is -1.13. The molecule has 0 bridgehead atoms. The van der Waals surface area contributed by atoms with Gasteiger partial charge in [0.05, 0.1) is 13.2 Å². The molecule has 0 saturated carbocycles. The van der Waals surface area contributed by atoms with E-state index in [1.54, 1.807) is 6.08 Å². The van der Waals surface area contributed by atoms with Gasteiger partial charge in [0.15, 0.2) is 6.29 Å². The molecule has 0 aromatic heterocycles. The summed E-state index contributed by atoms with van der Waals surface area (Å²) in [6.07, 6.45) is 4.05. The minimum Gasteiger partial charge on any atom is -0.458 e. The van der Waals surface area contributed by atoms with Crippen molar-refractivity contribution in [3.63, 3.8) is 0 Å². The zero-order valence-electron chi connectivity index (χ0n) is 9.35. The number of carbonyl (C=O) groups is 1. The fraction of sp³-hybridized carbons (Fsp3) is 0.583. The highest BCUT2D eigenvalue weighted by molar-refractivity contribution is 5.66. The minimum absolute atomic E-state index is 0.115. The van der Waals surface area contributed by atoms with Crippen molar-refractivity contribution >= 4 is 5.97 Å². The molecule has 88 valence electrons. The van der Waals surface area contributed by atoms with E-state index >= 15 is 0 Å². The van der Waals surface area contributed by atoms with Crippen LogP contribution in [0.3, 0.4) is 0 Å². The lowest BCUT2D eigenvalue weighted by molar-refractivity contribution is -0.144. The zero-order chi connectivity index (χ0) is 11.5. The van der Waals surface area contributed by atoms with Crippen molar-refractivity contribution in [2.45, 2.75) is 25.7 Å². The number of hydrogen-bond acceptors (Lipinski definition) is 4. The van der Waals surface area contributed by atoms with Crippen LogP contribution in [-0.4, -0.2) is 31.6 Å². The summed E-state index contributed by atoms with van der Waals surface area (Å²) in [6, 6.07) is 0. The summed E-state index contributed by atoms with van der Waals surface area (Å²) in [5, 5.41) is 0. The summed E-state index contributed by atoms with van der Waals surface area (Å²) in [5.74, 6) is 0.0884. The van der Waals surface area contributed by atoms with Gasteiger partial charge in [0, 0.05) is 12.8 Å². The minimum atomic E-state index is -0.288. The second-order valence-corrected chi connectivity index (χ2v) is 4.03. The molecule has 0 N–H and O–H groups in total. The van der Waals surface area contributed by atoms with Crippen LogP contribution in [0.4, 0.5) is 0 Å². The zero-order valence-corrected chi connectivity index (χ0v) is 9.35. The second-order valence-electron chi connectivity index (χ2n) is 4.03. The maximum atomic E-state index is 10.8. The maximum absolute atomic E-state index is 10.8. The van der Waals surface area contributed by atoms with Crippen LogP contribution in [0.1, 0.15) is 13.3 Å². The first-order valence-corrected chi connectivity index (χ1v) is 5.43. The number of rotatable bonds is 4. The summed E-state index contributed by atoms with van der Waals surface area (Å²) in [7, 11) is 0. The molecule has 4 nitrogen and oxygen atoms in total. The second kappa shape index (κ2) is 4.80. The maximum Gasteiger partial charge on any atom is 0.303 e. The van der Waals surface area contributed by atoms with E-state index in [0.717, 1.165) is 12.0 Å². The first-order chi connectivity index (χ1) is 7.70. The van der Waals surface area contributed by atoms with Gasteiger partial charge in [-0.3, -0.25) is 4.79 Å². The Bertz CT molecular complexity index is 321. The third-order valence-corrected chi connectivity index (χ3v) is 2.77. The molecule has 0 aromatic rings. The van der Waals surface area contributed by atoms with Crippen molar-refractivity contribution in [1.29, 1.82) is 0 Å². The molecule has 1 fully saturated rings. The standard InChI is InChI=1S/C12H16O4/c1-3-4-14-12-11-6-10(16-8(2)13)5-9(11)7-15-12/h3,6,9-10,12H,1,4-5,7H2,2H3. The highest BCUT2D eigenvalue weighted by Gasteiger charge is 2.39. The topological polar surface area (TPSA) is 44.8 Å². The number of carbonyl (C=O) groups excluding carboxylic acids is 1. The van der Waals surface area contributed by atoms with E-state index in [1.165, 1.54) is 6.92 Å². The van der Waals surface area contributed by atoms with Crippen LogP contribution in [0.2, 0.25) is 0 Å². The lowest BCUT2D eigenvalue weighted by Crippen LogP contribution is -2.15. The Morgan fingerprint density at radius 2 is 2.56 bits per heavy atom. The van der Waals surface area contributed by atoms with Gasteiger partial charge in [0.25, 0.3) is 0 Å². The van der Waals surface area contributed by atoms with E-state index in [0.29, 0.717) is 19.1 Å². The van der Waals surface area contributed by atoms with E-state index in [2.05, 4.69) is 6.58 Å². The Kier molecular flexibility index (Phi) is 3.41. The van der Waals surface area contributed by atoms with Crippen molar-refractivity contribution in [2.75, 3.05) is 13.2 Å². The van der Waals surface area contributed by atoms with E-state index in [-0.39, 0.29) is 18.4 Å². The Balaban J connectivity index is 1.96. The largest absolute Gasteiger partial charge is 0.458 e. The number of ether oxygens (including phenoxy) is 3. The van der Waals surface area contributed by atoms with Crippen LogP contribution in [-0.2, 0) is 19.0 Å². The molecule has 3 atom stereocenters. The van der Waals surface area contributed by atoms with Crippen LogP contribution in [0.15, 0.2) is 24.3 Å². The monoisotopic (exact) mass is 224 g/mol. The van der Waals surface area contributed by atoms with E-state index in [9.17, 15) is 4.79 Å². The average molecular weight is 224 g/mol. The molecule has 0 aromatic carbocycles. The smallest absolute Gasteiger partial charge is 0.303 e. The quantitative estimate of drug-likeness (QED) is 0.535. The predicted molar refractivity (Wildman–Crippen MR) is 57.6 cm³/mol. The van der Waals surface area contributed by atoms with E-state index in [4.69, 9.17) is 14.2 Å². The number of hydrogen-bond donors (Lipinski definition) is 0. The van der Waals surface area contributed by atoms with Crippen molar-refractivity contribution < 1.29 is 19.0 Å². The van der Waals surface area contributed by atoms with E-state index < -0.39 is 0 Å². The third kappa shape index (κ3) is 2.33. The molecule has 1 heterocycles. The summed E-state index contributed by atoms with van der Waals surface area (Å²) < 4.78 is 16.1. The molecule has 16 heavy (non-hydrogen) atoms. The van der Waals surface area contributed by atoms with Gasteiger partial charge < -0.3 is 14.2 Å². The molecule has 1 aliphatic carbocycles. The molecule has 1 saturated heterocycles. The van der Waals surface area contributed by atoms with Gasteiger partial charge in [-0.05, 0) is 18.1 Å². The number of fused-ring (bicyclic) bond motifs is 1. The summed E-state index contributed by atoms with van der Waals surface area (Å²) in [5.41, 5.74) is 1.10. The van der Waals surface area contributed by atoms with Gasteiger partial charge in [-0.25, -0.2) is 0 Å². The highest BCUT2D eigenvalue weighted by Crippen LogP contribution is 2.37. The van der Waals surface area contributed by atoms with Crippen LogP contribution in [0.5, 0.6) is 0 Å². The van der Waals surface area contributed by atoms with Gasteiger partial charge in [-0.1, -0.05) is 6.08 Å². The molecule has 0 spiro atoms. The van der Waals surface area contributed by atoms with Gasteiger partial charge in [-0.2, -0.15) is 0 Å². The van der Waals surface area contributed by atoms with Crippen LogP contribution in [0.25, 0.3) is 0 Å². The molecule has 0 amide bonds. The van der Waals surface area contributed by atoms with Crippen molar-refractivity contribution in [3.05, 3.63) is 24.3 Å². The fourth-order valence-corrected chi connectivity index (χ4v) is 2.17. The van der Waals surface area contributed by atoms with Crippen molar-refractivity contribution in [2.24, 2.45) is 5.92 Å². The first-order valence-electron chi connectivity index (χ1n) is 5.43. The van der Waals surface area contributed by atoms with Gasteiger partial charge in [0.2, 0.25) is 0 Å². The summed E-state index contributed by atoms with van der Waals surface area (Å²) in [4.78, 5) is 10.8. The summed E-state index contributed by atoms with van der Waals surface area (Å²) in [6.45, 7) is 6.13. The molecule has 1 aliphatic heterocycles. The lowest BCUT2D eigenvalue weighted by Gasteiger charge is -2.11. The highest BCUT2D eigenvalue weighted by atomic mass is 16.7. The Labute approximate surface area is 94.9 Å². The number of esters is 1. The Morgan fingerprint density at radius 3 is 3.25 bits per heavy atom. The SMILES string of the molecule is C=CCOC1OCC2CC(OC(C)=O)C=C21. The first kappa shape index (κ1) is 11.4. The molecule has 2 aliphatic rings. The Morgan fingerprint density at radius 1 is 1.75 bits per heavy atom. The average Bonchev–Trinajstić information content (AvgIpc) is 2.74. The van der Waals surface area contributed by atoms with E-state index in [1.807, 2.05) is 6.08 Å². The normalized spacial score (nSPS) is 32.1. The van der Waals surface area contributed by atoms with Crippen LogP contribution in [0, 0.1) is 5.92 Å². The van der Waals surface area contributed by atoms with Crippen molar-refractivity contribution in [1.82, 2.24) is 0 Å². The fourth-order valence-electron chi connectivity index (χ4n) is 2.17. The molecule has 4 heteroatoms. The lowest BCUT2D eigenvalue weighted by atomic mass is 10.1. The molecule has 3 unspecified atom stereocenters.